The first-order valence-electron chi connectivity index (χ1n) is 10.5. The molecule has 1 amide bonds. The molecule has 1 saturated heterocycles. The van der Waals surface area contributed by atoms with Crippen molar-refractivity contribution in [2.75, 3.05) is 13.1 Å². The minimum atomic E-state index is -0.388. The third-order valence-electron chi connectivity index (χ3n) is 5.27. The molecule has 1 fully saturated rings. The van der Waals surface area contributed by atoms with Crippen molar-refractivity contribution in [2.24, 2.45) is 0 Å². The van der Waals surface area contributed by atoms with Crippen LogP contribution in [0, 0.1) is 5.82 Å². The zero-order valence-electron chi connectivity index (χ0n) is 17.5. The summed E-state index contributed by atoms with van der Waals surface area (Å²) in [4.78, 5) is 14.9. The molecule has 1 atom stereocenters. The van der Waals surface area contributed by atoms with Gasteiger partial charge in [-0.05, 0) is 69.3 Å². The summed E-state index contributed by atoms with van der Waals surface area (Å²) in [5.41, 5.74) is 0.782. The lowest BCUT2D eigenvalue weighted by molar-refractivity contribution is -0.120. The van der Waals surface area contributed by atoms with Crippen molar-refractivity contribution in [1.82, 2.24) is 25.0 Å². The molecule has 4 rings (SSSR count). The van der Waals surface area contributed by atoms with Gasteiger partial charge in [0.15, 0.2) is 11.0 Å². The molecule has 3 aromatic rings. The van der Waals surface area contributed by atoms with E-state index in [-0.39, 0.29) is 17.0 Å². The summed E-state index contributed by atoms with van der Waals surface area (Å²) in [5, 5.41) is 11.9. The Hall–Kier alpha value is -2.65. The predicted molar refractivity (Wildman–Crippen MR) is 116 cm³/mol. The Bertz CT molecular complexity index is 984. The normalized spacial score (nSPS) is 15.7. The molecular weight excluding hydrogens is 417 g/mol. The van der Waals surface area contributed by atoms with Crippen LogP contribution in [0.4, 0.5) is 4.39 Å². The number of benzene rings is 1. The molecule has 1 aliphatic rings. The van der Waals surface area contributed by atoms with Crippen LogP contribution >= 0.6 is 11.8 Å². The third kappa shape index (κ3) is 5.54. The molecule has 7 nitrogen and oxygen atoms in total. The van der Waals surface area contributed by atoms with Crippen LogP contribution in [-0.4, -0.2) is 43.9 Å². The van der Waals surface area contributed by atoms with Gasteiger partial charge in [0.1, 0.15) is 11.6 Å². The average Bonchev–Trinajstić information content (AvgIpc) is 3.44. The zero-order chi connectivity index (χ0) is 21.6. The minimum absolute atomic E-state index is 0.118. The van der Waals surface area contributed by atoms with E-state index in [1.165, 1.54) is 43.2 Å². The van der Waals surface area contributed by atoms with E-state index < -0.39 is 0 Å². The van der Waals surface area contributed by atoms with Crippen molar-refractivity contribution >= 4 is 17.7 Å². The van der Waals surface area contributed by atoms with E-state index in [1.54, 1.807) is 24.5 Å². The number of likely N-dealkylation sites (tertiary alicyclic amines) is 1. The van der Waals surface area contributed by atoms with Gasteiger partial charge in [-0.2, -0.15) is 0 Å². The molecule has 2 aromatic heterocycles. The van der Waals surface area contributed by atoms with Gasteiger partial charge in [-0.3, -0.25) is 14.3 Å². The van der Waals surface area contributed by atoms with Gasteiger partial charge >= 0.3 is 0 Å². The van der Waals surface area contributed by atoms with Gasteiger partial charge in [0.05, 0.1) is 24.6 Å². The average molecular weight is 444 g/mol. The van der Waals surface area contributed by atoms with Crippen LogP contribution in [0.5, 0.6) is 0 Å². The first-order chi connectivity index (χ1) is 15.1. The molecule has 164 valence electrons. The van der Waals surface area contributed by atoms with E-state index in [0.29, 0.717) is 24.0 Å². The second-order valence-electron chi connectivity index (χ2n) is 7.60. The molecule has 1 aliphatic heterocycles. The van der Waals surface area contributed by atoms with E-state index >= 15 is 0 Å². The lowest BCUT2D eigenvalue weighted by Crippen LogP contribution is -2.31. The van der Waals surface area contributed by atoms with E-state index in [2.05, 4.69) is 20.4 Å². The van der Waals surface area contributed by atoms with Crippen LogP contribution in [0.25, 0.3) is 5.69 Å². The van der Waals surface area contributed by atoms with Gasteiger partial charge in [0.2, 0.25) is 5.91 Å². The fourth-order valence-corrected chi connectivity index (χ4v) is 4.50. The number of rotatable bonds is 8. The first kappa shape index (κ1) is 21.6. The second-order valence-corrected chi connectivity index (χ2v) is 8.91. The van der Waals surface area contributed by atoms with Crippen molar-refractivity contribution in [3.8, 4) is 5.69 Å². The molecule has 0 bridgehead atoms. The number of amides is 1. The van der Waals surface area contributed by atoms with Crippen molar-refractivity contribution < 1.29 is 13.6 Å². The Labute approximate surface area is 185 Å². The molecular formula is C22H26FN5O2S. The van der Waals surface area contributed by atoms with Gasteiger partial charge < -0.3 is 9.73 Å². The number of piperidine rings is 1. The molecule has 1 aromatic carbocycles. The molecule has 1 unspecified atom stereocenters. The van der Waals surface area contributed by atoms with Crippen molar-refractivity contribution in [3.63, 3.8) is 0 Å². The lowest BCUT2D eigenvalue weighted by atomic mass is 10.1. The molecule has 3 heterocycles. The molecule has 0 radical (unpaired) electrons. The Morgan fingerprint density at radius 3 is 2.68 bits per heavy atom. The van der Waals surface area contributed by atoms with Gasteiger partial charge in [-0.15, -0.1) is 10.2 Å². The van der Waals surface area contributed by atoms with Crippen LogP contribution < -0.4 is 5.32 Å². The molecule has 9 heteroatoms. The minimum Gasteiger partial charge on any atom is -0.467 e. The van der Waals surface area contributed by atoms with Crippen molar-refractivity contribution in [2.45, 2.75) is 49.7 Å². The number of carbonyl (C=O) groups is 1. The summed E-state index contributed by atoms with van der Waals surface area (Å²) >= 11 is 1.33. The number of nitrogens with one attached hydrogen (secondary N) is 1. The summed E-state index contributed by atoms with van der Waals surface area (Å²) < 4.78 is 20.7. The summed E-state index contributed by atoms with van der Waals surface area (Å²) in [5.74, 6) is 1.07. The van der Waals surface area contributed by atoms with Gasteiger partial charge in [0.25, 0.3) is 0 Å². The van der Waals surface area contributed by atoms with Crippen LogP contribution in [0.1, 0.15) is 37.8 Å². The van der Waals surface area contributed by atoms with E-state index in [4.69, 9.17) is 4.42 Å². The maximum atomic E-state index is 13.5. The van der Waals surface area contributed by atoms with Crippen LogP contribution in [-0.2, 0) is 17.9 Å². The lowest BCUT2D eigenvalue weighted by Gasteiger charge is -2.26. The highest BCUT2D eigenvalue weighted by Crippen LogP contribution is 2.27. The zero-order valence-corrected chi connectivity index (χ0v) is 18.3. The van der Waals surface area contributed by atoms with Gasteiger partial charge in [0, 0.05) is 5.69 Å². The van der Waals surface area contributed by atoms with Crippen LogP contribution in [0.15, 0.2) is 52.2 Å². The number of carbonyl (C=O) groups excluding carboxylic acids is 1. The largest absolute Gasteiger partial charge is 0.467 e. The van der Waals surface area contributed by atoms with E-state index in [1.807, 2.05) is 17.6 Å². The smallest absolute Gasteiger partial charge is 0.233 e. The number of hydrogen-bond donors (Lipinski definition) is 1. The molecule has 31 heavy (non-hydrogen) atoms. The Morgan fingerprint density at radius 1 is 1.19 bits per heavy atom. The van der Waals surface area contributed by atoms with Crippen molar-refractivity contribution in [1.29, 1.82) is 0 Å². The number of furan rings is 1. The monoisotopic (exact) mass is 443 g/mol. The molecule has 0 spiro atoms. The predicted octanol–water partition coefficient (Wildman–Crippen LogP) is 3.78. The Morgan fingerprint density at radius 2 is 1.97 bits per heavy atom. The fraction of sp³-hybridized carbons (Fsp3) is 0.409. The van der Waals surface area contributed by atoms with Crippen LogP contribution in [0.3, 0.4) is 0 Å². The highest BCUT2D eigenvalue weighted by molar-refractivity contribution is 8.00. The molecule has 0 aliphatic carbocycles. The quantitative estimate of drug-likeness (QED) is 0.534. The maximum Gasteiger partial charge on any atom is 0.233 e. The Balaban J connectivity index is 1.51. The highest BCUT2D eigenvalue weighted by atomic mass is 32.2. The summed E-state index contributed by atoms with van der Waals surface area (Å²) in [6.45, 7) is 4.90. The summed E-state index contributed by atoms with van der Waals surface area (Å²) in [6, 6.07) is 9.88. The van der Waals surface area contributed by atoms with Gasteiger partial charge in [-0.1, -0.05) is 18.2 Å². The number of halogens is 1. The first-order valence-corrected chi connectivity index (χ1v) is 11.4. The number of aromatic nitrogens is 3. The van der Waals surface area contributed by atoms with Crippen molar-refractivity contribution in [3.05, 3.63) is 60.1 Å². The topological polar surface area (TPSA) is 76.2 Å². The summed E-state index contributed by atoms with van der Waals surface area (Å²) in [6.07, 6.45) is 5.19. The standard InChI is InChI=1S/C22H26FN5O2S/c1-16(21(29)24-14-19-6-5-13-30-19)31-22-26-25-20(15-27-11-3-2-4-12-27)28(22)18-9-7-17(23)8-10-18/h5-10,13,16H,2-4,11-12,14-15H2,1H3,(H,24,29). The highest BCUT2D eigenvalue weighted by Gasteiger charge is 2.23. The summed E-state index contributed by atoms with van der Waals surface area (Å²) in [7, 11) is 0. The van der Waals surface area contributed by atoms with Gasteiger partial charge in [-0.25, -0.2) is 4.39 Å². The Kier molecular flexibility index (Phi) is 7.03. The fourth-order valence-electron chi connectivity index (χ4n) is 3.59. The molecule has 0 saturated carbocycles. The number of thioether (sulfide) groups is 1. The maximum absolute atomic E-state index is 13.5. The van der Waals surface area contributed by atoms with E-state index in [0.717, 1.165) is 24.6 Å². The van der Waals surface area contributed by atoms with E-state index in [9.17, 15) is 9.18 Å². The third-order valence-corrected chi connectivity index (χ3v) is 6.31. The van der Waals surface area contributed by atoms with Crippen LogP contribution in [0.2, 0.25) is 0 Å². The second kappa shape index (κ2) is 10.1. The number of hydrogen-bond acceptors (Lipinski definition) is 6. The molecule has 1 N–H and O–H groups in total. The SMILES string of the molecule is CC(Sc1nnc(CN2CCCCC2)n1-c1ccc(F)cc1)C(=O)NCc1ccco1. The number of nitrogens with zero attached hydrogens (tertiary/aromatic N) is 4.